The van der Waals surface area contributed by atoms with Crippen molar-refractivity contribution >= 4 is 5.97 Å². The van der Waals surface area contributed by atoms with E-state index in [1.807, 2.05) is 6.92 Å². The number of carboxylic acid groups (broad SMARTS) is 1. The summed E-state index contributed by atoms with van der Waals surface area (Å²) < 4.78 is 13.2. The van der Waals surface area contributed by atoms with Crippen LogP contribution in [-0.4, -0.2) is 17.1 Å². The van der Waals surface area contributed by atoms with Crippen LogP contribution < -0.4 is 5.32 Å². The zero-order chi connectivity index (χ0) is 15.1. The molecule has 1 aromatic rings. The predicted molar refractivity (Wildman–Crippen MR) is 78.1 cm³/mol. The van der Waals surface area contributed by atoms with Gasteiger partial charge < -0.3 is 10.4 Å². The minimum absolute atomic E-state index is 0.213. The van der Waals surface area contributed by atoms with Crippen LogP contribution in [-0.2, 0) is 11.3 Å². The second-order valence-corrected chi connectivity index (χ2v) is 5.52. The molecule has 112 valence electrons. The largest absolute Gasteiger partial charge is 0.481 e. The van der Waals surface area contributed by atoms with Crippen molar-refractivity contribution in [1.29, 1.82) is 0 Å². The number of nitrogens with one attached hydrogen (secondary N) is 1. The molecule has 3 nitrogen and oxygen atoms in total. The van der Waals surface area contributed by atoms with Gasteiger partial charge in [0.1, 0.15) is 5.82 Å². The fraction of sp³-hybridized carbons (Fsp3) is 0.562. The Bertz CT molecular complexity index is 448. The average Bonchev–Trinajstić information content (AvgIpc) is 2.39. The number of rotatable bonds is 8. The van der Waals surface area contributed by atoms with E-state index in [9.17, 15) is 9.18 Å². The molecule has 0 heterocycles. The van der Waals surface area contributed by atoms with Crippen LogP contribution in [0.2, 0.25) is 0 Å². The third kappa shape index (κ3) is 5.70. The molecule has 0 radical (unpaired) electrons. The minimum atomic E-state index is -0.735. The predicted octanol–water partition coefficient (Wildman–Crippen LogP) is 3.50. The fourth-order valence-electron chi connectivity index (χ4n) is 2.07. The smallest absolute Gasteiger partial charge is 0.306 e. The normalized spacial score (nSPS) is 14.0. The van der Waals surface area contributed by atoms with E-state index < -0.39 is 5.97 Å². The highest BCUT2D eigenvalue weighted by atomic mass is 19.1. The van der Waals surface area contributed by atoms with Gasteiger partial charge in [-0.2, -0.15) is 0 Å². The van der Waals surface area contributed by atoms with E-state index in [2.05, 4.69) is 12.2 Å². The third-order valence-electron chi connectivity index (χ3n) is 3.65. The summed E-state index contributed by atoms with van der Waals surface area (Å²) in [7, 11) is 0. The lowest BCUT2D eigenvalue weighted by atomic mass is 10.0. The van der Waals surface area contributed by atoms with E-state index in [4.69, 9.17) is 5.11 Å². The van der Waals surface area contributed by atoms with Gasteiger partial charge in [0.25, 0.3) is 0 Å². The van der Waals surface area contributed by atoms with Gasteiger partial charge in [0, 0.05) is 12.6 Å². The van der Waals surface area contributed by atoms with Crippen LogP contribution in [0.3, 0.4) is 0 Å². The van der Waals surface area contributed by atoms with Gasteiger partial charge in [-0.05, 0) is 49.9 Å². The quantitative estimate of drug-likeness (QED) is 0.766. The number of hydrogen-bond donors (Lipinski definition) is 2. The van der Waals surface area contributed by atoms with Gasteiger partial charge in [0.05, 0.1) is 5.92 Å². The average molecular weight is 281 g/mol. The van der Waals surface area contributed by atoms with E-state index in [0.29, 0.717) is 19.0 Å². The lowest BCUT2D eigenvalue weighted by Gasteiger charge is -2.15. The van der Waals surface area contributed by atoms with Crippen molar-refractivity contribution in [2.75, 3.05) is 0 Å². The Morgan fingerprint density at radius 3 is 2.70 bits per heavy atom. The summed E-state index contributed by atoms with van der Waals surface area (Å²) in [5.74, 6) is -1.23. The Morgan fingerprint density at radius 1 is 1.35 bits per heavy atom. The third-order valence-corrected chi connectivity index (χ3v) is 3.65. The number of aliphatic carboxylic acids is 1. The van der Waals surface area contributed by atoms with E-state index in [0.717, 1.165) is 24.0 Å². The van der Waals surface area contributed by atoms with Crippen LogP contribution in [0.1, 0.15) is 44.2 Å². The van der Waals surface area contributed by atoms with Gasteiger partial charge >= 0.3 is 5.97 Å². The Labute approximate surface area is 120 Å². The second kappa shape index (κ2) is 8.00. The summed E-state index contributed by atoms with van der Waals surface area (Å²) in [6.45, 7) is 6.41. The van der Waals surface area contributed by atoms with Gasteiger partial charge in [0.2, 0.25) is 0 Å². The first-order valence-electron chi connectivity index (χ1n) is 7.11. The molecule has 0 aliphatic heterocycles. The molecule has 2 atom stereocenters. The summed E-state index contributed by atoms with van der Waals surface area (Å²) in [4.78, 5) is 10.7. The molecule has 0 spiro atoms. The van der Waals surface area contributed by atoms with Crippen molar-refractivity contribution in [1.82, 2.24) is 5.32 Å². The molecular weight excluding hydrogens is 257 g/mol. The first-order valence-corrected chi connectivity index (χ1v) is 7.11. The van der Waals surface area contributed by atoms with E-state index in [-0.39, 0.29) is 11.7 Å². The van der Waals surface area contributed by atoms with E-state index in [1.54, 1.807) is 19.1 Å². The molecule has 0 aliphatic rings. The minimum Gasteiger partial charge on any atom is -0.481 e. The Kier molecular flexibility index (Phi) is 6.65. The van der Waals surface area contributed by atoms with Crippen LogP contribution >= 0.6 is 0 Å². The van der Waals surface area contributed by atoms with Crippen molar-refractivity contribution in [3.63, 3.8) is 0 Å². The number of aryl methyl sites for hydroxylation is 1. The SMILES string of the molecule is Cc1ccc(F)cc1CNC(C)CCCC(C)C(=O)O. The van der Waals surface area contributed by atoms with Gasteiger partial charge in [-0.3, -0.25) is 4.79 Å². The Balaban J connectivity index is 2.31. The summed E-state index contributed by atoms with van der Waals surface area (Å²) in [6.07, 6.45) is 2.50. The lowest BCUT2D eigenvalue weighted by Crippen LogP contribution is -2.26. The van der Waals surface area contributed by atoms with Gasteiger partial charge in [-0.25, -0.2) is 4.39 Å². The molecule has 0 fully saturated rings. The van der Waals surface area contributed by atoms with Crippen LogP contribution in [0.5, 0.6) is 0 Å². The first kappa shape index (κ1) is 16.6. The molecule has 1 rings (SSSR count). The zero-order valence-corrected chi connectivity index (χ0v) is 12.4. The van der Waals surface area contributed by atoms with Crippen LogP contribution in [0.4, 0.5) is 4.39 Å². The summed E-state index contributed by atoms with van der Waals surface area (Å²) in [5.41, 5.74) is 2.04. The maximum absolute atomic E-state index is 13.2. The molecule has 0 aromatic heterocycles. The molecule has 0 amide bonds. The molecule has 0 bridgehead atoms. The van der Waals surface area contributed by atoms with Gasteiger partial charge in [0.15, 0.2) is 0 Å². The number of carbonyl (C=O) groups is 1. The molecule has 0 saturated heterocycles. The number of carboxylic acids is 1. The molecule has 2 unspecified atom stereocenters. The molecule has 4 heteroatoms. The zero-order valence-electron chi connectivity index (χ0n) is 12.4. The van der Waals surface area contributed by atoms with E-state index in [1.165, 1.54) is 6.07 Å². The molecule has 20 heavy (non-hydrogen) atoms. The highest BCUT2D eigenvalue weighted by molar-refractivity contribution is 5.69. The molecule has 0 saturated carbocycles. The Morgan fingerprint density at radius 2 is 2.05 bits per heavy atom. The van der Waals surface area contributed by atoms with Gasteiger partial charge in [-0.1, -0.05) is 19.4 Å². The van der Waals surface area contributed by atoms with Crippen molar-refractivity contribution in [2.24, 2.45) is 5.92 Å². The fourth-order valence-corrected chi connectivity index (χ4v) is 2.07. The number of hydrogen-bond acceptors (Lipinski definition) is 2. The van der Waals surface area contributed by atoms with Crippen LogP contribution in [0.15, 0.2) is 18.2 Å². The number of halogens is 1. The first-order chi connectivity index (χ1) is 9.40. The maximum Gasteiger partial charge on any atom is 0.306 e. The molecule has 0 aliphatic carbocycles. The Hall–Kier alpha value is -1.42. The van der Waals surface area contributed by atoms with Crippen molar-refractivity contribution in [3.05, 3.63) is 35.1 Å². The molecule has 1 aromatic carbocycles. The summed E-state index contributed by atoms with van der Waals surface area (Å²) in [6, 6.07) is 5.10. The standard InChI is InChI=1S/C16H24FNO2/c1-11-7-8-15(17)9-14(11)10-18-13(3)6-4-5-12(2)16(19)20/h7-9,12-13,18H,4-6,10H2,1-3H3,(H,19,20). The van der Waals surface area contributed by atoms with Crippen molar-refractivity contribution in [3.8, 4) is 0 Å². The highest BCUT2D eigenvalue weighted by Gasteiger charge is 2.11. The van der Waals surface area contributed by atoms with Crippen molar-refractivity contribution in [2.45, 2.75) is 52.6 Å². The van der Waals surface area contributed by atoms with E-state index >= 15 is 0 Å². The van der Waals surface area contributed by atoms with Crippen LogP contribution in [0.25, 0.3) is 0 Å². The summed E-state index contributed by atoms with van der Waals surface area (Å²) in [5, 5.41) is 12.2. The topological polar surface area (TPSA) is 49.3 Å². The highest BCUT2D eigenvalue weighted by Crippen LogP contribution is 2.12. The summed E-state index contributed by atoms with van der Waals surface area (Å²) >= 11 is 0. The number of benzene rings is 1. The van der Waals surface area contributed by atoms with Crippen molar-refractivity contribution < 1.29 is 14.3 Å². The van der Waals surface area contributed by atoms with Gasteiger partial charge in [-0.15, -0.1) is 0 Å². The molecular formula is C16H24FNO2. The lowest BCUT2D eigenvalue weighted by molar-refractivity contribution is -0.141. The maximum atomic E-state index is 13.2. The molecule has 2 N–H and O–H groups in total. The van der Waals surface area contributed by atoms with Crippen LogP contribution in [0, 0.1) is 18.7 Å². The second-order valence-electron chi connectivity index (χ2n) is 5.52. The monoisotopic (exact) mass is 281 g/mol.